The van der Waals surface area contributed by atoms with Crippen LogP contribution in [0, 0.1) is 5.41 Å². The number of hydrogen-bond donors (Lipinski definition) is 0. The molecule has 1 aromatic heterocycles. The van der Waals surface area contributed by atoms with Gasteiger partial charge in [0, 0.05) is 5.38 Å². The molecule has 0 bridgehead atoms. The molecule has 0 aliphatic carbocycles. The summed E-state index contributed by atoms with van der Waals surface area (Å²) in [7, 11) is 0. The highest BCUT2D eigenvalue weighted by molar-refractivity contribution is 7.07. The van der Waals surface area contributed by atoms with E-state index >= 15 is 0 Å². The summed E-state index contributed by atoms with van der Waals surface area (Å²) in [6.07, 6.45) is 9.24. The summed E-state index contributed by atoms with van der Waals surface area (Å²) in [6.45, 7) is 7.00. The quantitative estimate of drug-likeness (QED) is 0.577. The first kappa shape index (κ1) is 13.7. The molecule has 16 heavy (non-hydrogen) atoms. The van der Waals surface area contributed by atoms with Gasteiger partial charge in [0.1, 0.15) is 0 Å². The van der Waals surface area contributed by atoms with E-state index in [4.69, 9.17) is 0 Å². The van der Waals surface area contributed by atoms with Crippen molar-refractivity contribution in [3.8, 4) is 0 Å². The monoisotopic (exact) mass is 239 g/mol. The van der Waals surface area contributed by atoms with E-state index in [1.807, 2.05) is 5.51 Å². The second kappa shape index (κ2) is 7.05. The Morgan fingerprint density at radius 1 is 1.25 bits per heavy atom. The minimum atomic E-state index is 0.460. The van der Waals surface area contributed by atoms with Crippen molar-refractivity contribution in [3.05, 3.63) is 16.6 Å². The molecular weight excluding hydrogens is 214 g/mol. The number of hydrogen-bond acceptors (Lipinski definition) is 2. The highest BCUT2D eigenvalue weighted by Crippen LogP contribution is 2.32. The Bertz CT molecular complexity index is 268. The van der Waals surface area contributed by atoms with Crippen molar-refractivity contribution < 1.29 is 0 Å². The van der Waals surface area contributed by atoms with E-state index in [0.29, 0.717) is 5.41 Å². The van der Waals surface area contributed by atoms with Crippen molar-refractivity contribution in [1.82, 2.24) is 4.98 Å². The van der Waals surface area contributed by atoms with E-state index in [9.17, 15) is 0 Å². The molecule has 0 aliphatic heterocycles. The average molecular weight is 239 g/mol. The highest BCUT2D eigenvalue weighted by atomic mass is 32.1. The first-order valence-corrected chi connectivity index (χ1v) is 7.51. The molecule has 1 unspecified atom stereocenters. The van der Waals surface area contributed by atoms with Gasteiger partial charge >= 0.3 is 0 Å². The molecule has 0 aromatic carbocycles. The third kappa shape index (κ3) is 4.65. The fraction of sp³-hybridized carbons (Fsp3) is 0.786. The van der Waals surface area contributed by atoms with Crippen LogP contribution in [0.4, 0.5) is 0 Å². The van der Waals surface area contributed by atoms with Crippen LogP contribution in [-0.4, -0.2) is 4.98 Å². The van der Waals surface area contributed by atoms with Crippen molar-refractivity contribution in [2.24, 2.45) is 5.41 Å². The maximum absolute atomic E-state index is 4.41. The molecule has 0 saturated carbocycles. The van der Waals surface area contributed by atoms with Gasteiger partial charge in [0.2, 0.25) is 0 Å². The van der Waals surface area contributed by atoms with Crippen molar-refractivity contribution in [1.29, 1.82) is 0 Å². The van der Waals surface area contributed by atoms with Gasteiger partial charge < -0.3 is 0 Å². The van der Waals surface area contributed by atoms with Crippen LogP contribution in [0.5, 0.6) is 0 Å². The average Bonchev–Trinajstić information content (AvgIpc) is 2.77. The lowest BCUT2D eigenvalue weighted by Crippen LogP contribution is -2.18. The summed E-state index contributed by atoms with van der Waals surface area (Å²) in [5.74, 6) is 0. The van der Waals surface area contributed by atoms with E-state index in [-0.39, 0.29) is 0 Å². The topological polar surface area (TPSA) is 12.9 Å². The molecule has 0 saturated heterocycles. The van der Waals surface area contributed by atoms with E-state index in [0.717, 1.165) is 6.42 Å². The largest absolute Gasteiger partial charge is 0.250 e. The fourth-order valence-corrected chi connectivity index (χ4v) is 2.69. The molecule has 0 spiro atoms. The lowest BCUT2D eigenvalue weighted by atomic mass is 9.78. The summed E-state index contributed by atoms with van der Waals surface area (Å²) in [5, 5.41) is 2.19. The van der Waals surface area contributed by atoms with Crippen LogP contribution < -0.4 is 0 Å². The Balaban J connectivity index is 2.37. The molecule has 1 rings (SSSR count). The minimum absolute atomic E-state index is 0.460. The number of rotatable bonds is 8. The van der Waals surface area contributed by atoms with Gasteiger partial charge in [-0.3, -0.25) is 0 Å². The molecule has 0 amide bonds. The normalized spacial score (nSPS) is 14.9. The molecule has 2 heteroatoms. The van der Waals surface area contributed by atoms with Gasteiger partial charge in [-0.15, -0.1) is 11.3 Å². The predicted molar refractivity (Wildman–Crippen MR) is 73.0 cm³/mol. The second-order valence-electron chi connectivity index (χ2n) is 5.13. The SMILES string of the molecule is CCCCCCC(C)(CC)Cc1cscn1. The third-order valence-electron chi connectivity index (χ3n) is 3.58. The van der Waals surface area contributed by atoms with Gasteiger partial charge in [0.25, 0.3) is 0 Å². The maximum Gasteiger partial charge on any atom is 0.0794 e. The summed E-state index contributed by atoms with van der Waals surface area (Å²) >= 11 is 1.71. The zero-order valence-electron chi connectivity index (χ0n) is 11.0. The predicted octanol–water partition coefficient (Wildman–Crippen LogP) is 5.07. The molecule has 0 radical (unpaired) electrons. The molecule has 1 heterocycles. The standard InChI is InChI=1S/C14H25NS/c1-4-6-7-8-9-14(3,5-2)10-13-11-16-12-15-13/h11-12H,4-10H2,1-3H3. The number of unbranched alkanes of at least 4 members (excludes halogenated alkanes) is 3. The van der Waals surface area contributed by atoms with Crippen molar-refractivity contribution in [3.63, 3.8) is 0 Å². The van der Waals surface area contributed by atoms with E-state index in [1.54, 1.807) is 11.3 Å². The van der Waals surface area contributed by atoms with Gasteiger partial charge in [-0.25, -0.2) is 4.98 Å². The van der Waals surface area contributed by atoms with Crippen LogP contribution in [0.15, 0.2) is 10.9 Å². The smallest absolute Gasteiger partial charge is 0.0794 e. The van der Waals surface area contributed by atoms with Gasteiger partial charge in [-0.05, 0) is 18.3 Å². The van der Waals surface area contributed by atoms with Crippen LogP contribution in [0.1, 0.15) is 65.0 Å². The molecule has 0 N–H and O–H groups in total. The Kier molecular flexibility index (Phi) is 6.04. The van der Waals surface area contributed by atoms with Crippen LogP contribution in [-0.2, 0) is 6.42 Å². The van der Waals surface area contributed by atoms with Crippen molar-refractivity contribution >= 4 is 11.3 Å². The first-order valence-electron chi connectivity index (χ1n) is 6.57. The number of thiazole rings is 1. The lowest BCUT2D eigenvalue weighted by Gasteiger charge is -2.27. The molecule has 0 fully saturated rings. The Hall–Kier alpha value is -0.370. The molecule has 92 valence electrons. The summed E-state index contributed by atoms with van der Waals surface area (Å²) in [6, 6.07) is 0. The molecule has 1 atom stereocenters. The molecule has 1 nitrogen and oxygen atoms in total. The molecule has 1 aromatic rings. The van der Waals surface area contributed by atoms with E-state index in [2.05, 4.69) is 31.1 Å². The number of nitrogens with zero attached hydrogens (tertiary/aromatic N) is 1. The van der Waals surface area contributed by atoms with Crippen molar-refractivity contribution in [2.45, 2.75) is 65.7 Å². The van der Waals surface area contributed by atoms with Crippen LogP contribution >= 0.6 is 11.3 Å². The van der Waals surface area contributed by atoms with Crippen LogP contribution in [0.3, 0.4) is 0 Å². The van der Waals surface area contributed by atoms with Gasteiger partial charge in [0.15, 0.2) is 0 Å². The molecular formula is C14H25NS. The maximum atomic E-state index is 4.41. The van der Waals surface area contributed by atoms with E-state index in [1.165, 1.54) is 44.2 Å². The number of aromatic nitrogens is 1. The summed E-state index contributed by atoms with van der Waals surface area (Å²) in [5.41, 5.74) is 3.69. The summed E-state index contributed by atoms with van der Waals surface area (Å²) < 4.78 is 0. The molecule has 0 aliphatic rings. The first-order chi connectivity index (χ1) is 7.70. The highest BCUT2D eigenvalue weighted by Gasteiger charge is 2.22. The Morgan fingerprint density at radius 3 is 2.62 bits per heavy atom. The van der Waals surface area contributed by atoms with Gasteiger partial charge in [0.05, 0.1) is 11.2 Å². The Labute approximate surface area is 104 Å². The fourth-order valence-electron chi connectivity index (χ4n) is 2.13. The van der Waals surface area contributed by atoms with Gasteiger partial charge in [-0.1, -0.05) is 52.9 Å². The van der Waals surface area contributed by atoms with Crippen LogP contribution in [0.25, 0.3) is 0 Å². The van der Waals surface area contributed by atoms with E-state index < -0.39 is 0 Å². The van der Waals surface area contributed by atoms with Crippen molar-refractivity contribution in [2.75, 3.05) is 0 Å². The zero-order chi connectivity index (χ0) is 11.9. The Morgan fingerprint density at radius 2 is 2.06 bits per heavy atom. The second-order valence-corrected chi connectivity index (χ2v) is 5.85. The lowest BCUT2D eigenvalue weighted by molar-refractivity contribution is 0.268. The minimum Gasteiger partial charge on any atom is -0.250 e. The summed E-state index contributed by atoms with van der Waals surface area (Å²) in [4.78, 5) is 4.41. The zero-order valence-corrected chi connectivity index (χ0v) is 11.8. The third-order valence-corrected chi connectivity index (χ3v) is 4.21. The van der Waals surface area contributed by atoms with Crippen LogP contribution in [0.2, 0.25) is 0 Å². The van der Waals surface area contributed by atoms with Gasteiger partial charge in [-0.2, -0.15) is 0 Å².